The topological polar surface area (TPSA) is 65.4 Å². The van der Waals surface area contributed by atoms with Gasteiger partial charge in [0.2, 0.25) is 0 Å². The lowest BCUT2D eigenvalue weighted by molar-refractivity contribution is 0.0947. The summed E-state index contributed by atoms with van der Waals surface area (Å²) >= 11 is 1.63. The van der Waals surface area contributed by atoms with E-state index in [-0.39, 0.29) is 5.91 Å². The summed E-state index contributed by atoms with van der Waals surface area (Å²) < 4.78 is 12.7. The Morgan fingerprint density at radius 2 is 1.94 bits per heavy atom. The van der Waals surface area contributed by atoms with E-state index in [1.54, 1.807) is 25.6 Å². The molecule has 0 atom stereocenters. The lowest BCUT2D eigenvalue weighted by Gasteiger charge is -2.26. The first-order chi connectivity index (χ1) is 16.1. The molecule has 2 heterocycles. The first-order valence-corrected chi connectivity index (χ1v) is 12.6. The summed E-state index contributed by atoms with van der Waals surface area (Å²) in [5.41, 5.74) is 4.80. The Balaban J connectivity index is 1.66. The molecule has 0 spiro atoms. The van der Waals surface area contributed by atoms with E-state index in [1.807, 2.05) is 30.3 Å². The molecule has 1 amide bonds. The highest BCUT2D eigenvalue weighted by Gasteiger charge is 2.26. The van der Waals surface area contributed by atoms with Crippen molar-refractivity contribution >= 4 is 17.2 Å². The fraction of sp³-hybridized carbons (Fsp3) is 0.462. The normalized spacial score (nSPS) is 14.4. The van der Waals surface area contributed by atoms with Crippen molar-refractivity contribution in [3.8, 4) is 27.7 Å². The minimum absolute atomic E-state index is 0.0231. The Bertz CT molecular complexity index is 1070. The van der Waals surface area contributed by atoms with E-state index >= 15 is 0 Å². The third kappa shape index (κ3) is 5.31. The molecule has 33 heavy (non-hydrogen) atoms. The minimum Gasteiger partial charge on any atom is -0.497 e. The predicted molar refractivity (Wildman–Crippen MR) is 133 cm³/mol. The highest BCUT2D eigenvalue weighted by Crippen LogP contribution is 2.38. The lowest BCUT2D eigenvalue weighted by atomic mass is 9.95. The number of hydrogen-bond donors (Lipinski definition) is 1. The van der Waals surface area contributed by atoms with Gasteiger partial charge < -0.3 is 19.4 Å². The van der Waals surface area contributed by atoms with E-state index in [0.29, 0.717) is 19.2 Å². The fourth-order valence-electron chi connectivity index (χ4n) is 4.63. The number of rotatable bonds is 9. The van der Waals surface area contributed by atoms with E-state index in [9.17, 15) is 4.79 Å². The molecule has 2 aromatic heterocycles. The number of carbonyl (C=O) groups excluding carboxylic acids is 1. The van der Waals surface area contributed by atoms with Crippen molar-refractivity contribution < 1.29 is 14.3 Å². The van der Waals surface area contributed by atoms with Crippen molar-refractivity contribution in [1.29, 1.82) is 0 Å². The van der Waals surface area contributed by atoms with Crippen molar-refractivity contribution in [2.75, 3.05) is 27.4 Å². The Hall–Kier alpha value is -2.64. The summed E-state index contributed by atoms with van der Waals surface area (Å²) in [4.78, 5) is 18.0. The Labute approximate surface area is 200 Å². The Kier molecular flexibility index (Phi) is 7.83. The van der Waals surface area contributed by atoms with Crippen LogP contribution in [0.1, 0.15) is 60.6 Å². The van der Waals surface area contributed by atoms with Crippen LogP contribution in [0.25, 0.3) is 22.0 Å². The average Bonchev–Trinajstić information content (AvgIpc) is 3.47. The van der Waals surface area contributed by atoms with Gasteiger partial charge in [-0.2, -0.15) is 0 Å². The number of ether oxygens (including phenoxy) is 2. The molecule has 4 rings (SSSR count). The number of benzene rings is 1. The molecule has 176 valence electrons. The molecule has 0 radical (unpaired) electrons. The largest absolute Gasteiger partial charge is 0.497 e. The highest BCUT2D eigenvalue weighted by molar-refractivity contribution is 7.13. The molecule has 1 saturated carbocycles. The van der Waals surface area contributed by atoms with Gasteiger partial charge in [0.1, 0.15) is 10.8 Å². The smallest absolute Gasteiger partial charge is 0.253 e. The van der Waals surface area contributed by atoms with Gasteiger partial charge >= 0.3 is 0 Å². The van der Waals surface area contributed by atoms with E-state index in [2.05, 4.69) is 22.2 Å². The molecule has 6 nitrogen and oxygen atoms in total. The monoisotopic (exact) mass is 467 g/mol. The van der Waals surface area contributed by atoms with Gasteiger partial charge in [-0.3, -0.25) is 4.79 Å². The number of thiazole rings is 1. The van der Waals surface area contributed by atoms with E-state index in [0.717, 1.165) is 58.2 Å². The lowest BCUT2D eigenvalue weighted by Crippen LogP contribution is -2.26. The van der Waals surface area contributed by atoms with Crippen LogP contribution in [0.3, 0.4) is 0 Å². The maximum Gasteiger partial charge on any atom is 0.253 e. The molecule has 7 heteroatoms. The van der Waals surface area contributed by atoms with Crippen molar-refractivity contribution in [2.24, 2.45) is 0 Å². The summed E-state index contributed by atoms with van der Waals surface area (Å²) in [6.45, 7) is 3.31. The van der Waals surface area contributed by atoms with Crippen molar-refractivity contribution in [3.63, 3.8) is 0 Å². The second-order valence-electron chi connectivity index (χ2n) is 8.56. The van der Waals surface area contributed by atoms with E-state index in [4.69, 9.17) is 14.5 Å². The number of aromatic nitrogens is 2. The van der Waals surface area contributed by atoms with Gasteiger partial charge in [-0.05, 0) is 56.5 Å². The van der Waals surface area contributed by atoms with Crippen molar-refractivity contribution in [2.45, 2.75) is 51.5 Å². The molecular formula is C26H33N3O3S. The summed E-state index contributed by atoms with van der Waals surface area (Å²) in [5, 5.41) is 6.12. The zero-order valence-electron chi connectivity index (χ0n) is 19.7. The highest BCUT2D eigenvalue weighted by atomic mass is 32.1. The molecule has 0 aliphatic heterocycles. The van der Waals surface area contributed by atoms with E-state index < -0.39 is 0 Å². The number of methoxy groups -OCH3 is 2. The van der Waals surface area contributed by atoms with Crippen LogP contribution in [-0.4, -0.2) is 42.8 Å². The maximum absolute atomic E-state index is 13.0. The summed E-state index contributed by atoms with van der Waals surface area (Å²) in [5.74, 6) is 0.809. The van der Waals surface area contributed by atoms with Gasteiger partial charge in [0, 0.05) is 42.9 Å². The molecule has 1 aromatic carbocycles. The first kappa shape index (κ1) is 23.5. The predicted octanol–water partition coefficient (Wildman–Crippen LogP) is 5.87. The maximum atomic E-state index is 13.0. The molecule has 0 unspecified atom stereocenters. The third-order valence-corrected chi connectivity index (χ3v) is 7.28. The summed E-state index contributed by atoms with van der Waals surface area (Å²) in [6, 6.07) is 10.4. The van der Waals surface area contributed by atoms with Gasteiger partial charge in [0.05, 0.1) is 24.1 Å². The van der Waals surface area contributed by atoms with Gasteiger partial charge in [-0.15, -0.1) is 11.3 Å². The number of nitrogens with zero attached hydrogens (tertiary/aromatic N) is 2. The quantitative estimate of drug-likeness (QED) is 0.400. The first-order valence-electron chi connectivity index (χ1n) is 11.7. The van der Waals surface area contributed by atoms with Crippen LogP contribution in [0.5, 0.6) is 5.75 Å². The molecule has 3 aromatic rings. The standard InChI is InChI=1S/C26H33N3O3S/c1-18-22(25(30)27-14-7-15-31-2)16-24(29(18)20-8-5-4-6-9-20)23-17-33-26(28-23)19-10-12-21(32-3)13-11-19/h10-13,16-17,20H,4-9,14-15H2,1-3H3,(H,27,30). The fourth-order valence-corrected chi connectivity index (χ4v) is 5.45. The van der Waals surface area contributed by atoms with Crippen LogP contribution in [-0.2, 0) is 4.74 Å². The Morgan fingerprint density at radius 3 is 2.64 bits per heavy atom. The molecule has 1 aliphatic rings. The van der Waals surface area contributed by atoms with Gasteiger partial charge in [-0.1, -0.05) is 19.3 Å². The van der Waals surface area contributed by atoms with Crippen LogP contribution in [0, 0.1) is 6.92 Å². The van der Waals surface area contributed by atoms with Crippen molar-refractivity contribution in [3.05, 3.63) is 47.0 Å². The molecule has 0 saturated heterocycles. The zero-order chi connectivity index (χ0) is 23.2. The SMILES string of the molecule is COCCCNC(=O)c1cc(-c2csc(-c3ccc(OC)cc3)n2)n(C2CCCCC2)c1C. The van der Waals surface area contributed by atoms with Crippen LogP contribution in [0.4, 0.5) is 0 Å². The summed E-state index contributed by atoms with van der Waals surface area (Å²) in [6.07, 6.45) is 6.84. The average molecular weight is 468 g/mol. The van der Waals surface area contributed by atoms with Gasteiger partial charge in [0.15, 0.2) is 0 Å². The molecule has 1 fully saturated rings. The minimum atomic E-state index is -0.0231. The van der Waals surface area contributed by atoms with Crippen molar-refractivity contribution in [1.82, 2.24) is 14.9 Å². The van der Waals surface area contributed by atoms with Gasteiger partial charge in [-0.25, -0.2) is 4.98 Å². The number of hydrogen-bond acceptors (Lipinski definition) is 5. The molecule has 1 N–H and O–H groups in total. The Morgan fingerprint density at radius 1 is 1.18 bits per heavy atom. The second kappa shape index (κ2) is 11.0. The van der Waals surface area contributed by atoms with Crippen LogP contribution in [0.15, 0.2) is 35.7 Å². The number of amides is 1. The third-order valence-electron chi connectivity index (χ3n) is 6.39. The van der Waals surface area contributed by atoms with Crippen LogP contribution >= 0.6 is 11.3 Å². The number of nitrogens with one attached hydrogen (secondary N) is 1. The van der Waals surface area contributed by atoms with E-state index in [1.165, 1.54) is 19.3 Å². The molecule has 0 bridgehead atoms. The molecular weight excluding hydrogens is 434 g/mol. The molecule has 1 aliphatic carbocycles. The summed E-state index contributed by atoms with van der Waals surface area (Å²) in [7, 11) is 3.35. The zero-order valence-corrected chi connectivity index (χ0v) is 20.5. The van der Waals surface area contributed by atoms with Gasteiger partial charge in [0.25, 0.3) is 5.91 Å². The number of carbonyl (C=O) groups is 1. The second-order valence-corrected chi connectivity index (χ2v) is 9.42. The van der Waals surface area contributed by atoms with Crippen LogP contribution in [0.2, 0.25) is 0 Å². The van der Waals surface area contributed by atoms with Crippen LogP contribution < -0.4 is 10.1 Å².